The van der Waals surface area contributed by atoms with E-state index in [0.29, 0.717) is 12.3 Å². The van der Waals surface area contributed by atoms with Crippen LogP contribution in [-0.4, -0.2) is 30.2 Å². The predicted molar refractivity (Wildman–Crippen MR) is 87.9 cm³/mol. The van der Waals surface area contributed by atoms with Gasteiger partial charge in [0.05, 0.1) is 6.61 Å². The van der Waals surface area contributed by atoms with E-state index in [-0.39, 0.29) is 12.0 Å². The Morgan fingerprint density at radius 3 is 2.74 bits per heavy atom. The number of fused-ring (bicyclic) bond motifs is 1. The Bertz CT molecular complexity index is 802. The van der Waals surface area contributed by atoms with Crippen molar-refractivity contribution in [2.24, 2.45) is 0 Å². The van der Waals surface area contributed by atoms with Crippen molar-refractivity contribution >= 4 is 22.5 Å². The minimum absolute atomic E-state index is 0.166. The van der Waals surface area contributed by atoms with Gasteiger partial charge in [-0.05, 0) is 36.4 Å². The Labute approximate surface area is 133 Å². The highest BCUT2D eigenvalue weighted by atomic mass is 16.6. The van der Waals surface area contributed by atoms with Gasteiger partial charge >= 0.3 is 0 Å². The Morgan fingerprint density at radius 2 is 2.00 bits per heavy atom. The third kappa shape index (κ3) is 3.19. The van der Waals surface area contributed by atoms with Crippen LogP contribution in [-0.2, 0) is 4.74 Å². The summed E-state index contributed by atoms with van der Waals surface area (Å²) in [6.07, 6.45) is 0.233. The van der Waals surface area contributed by atoms with Crippen LogP contribution in [0.4, 0.5) is 5.69 Å². The number of carbonyl (C=O) groups excluding carboxylic acids is 1. The van der Waals surface area contributed by atoms with Crippen molar-refractivity contribution in [3.05, 3.63) is 60.3 Å². The summed E-state index contributed by atoms with van der Waals surface area (Å²) in [4.78, 5) is 15.4. The Hall–Kier alpha value is -2.79. The lowest BCUT2D eigenvalue weighted by Gasteiger charge is -2.07. The molecule has 2 aromatic carbocycles. The molecule has 2 heterocycles. The number of aromatic nitrogens is 1. The molecule has 5 heteroatoms. The first-order chi connectivity index (χ1) is 11.3. The number of benzene rings is 2. The maximum atomic E-state index is 12.3. The van der Waals surface area contributed by atoms with E-state index in [1.54, 1.807) is 0 Å². The van der Waals surface area contributed by atoms with Crippen LogP contribution < -0.4 is 10.1 Å². The zero-order valence-electron chi connectivity index (χ0n) is 12.4. The number of hydrogen-bond acceptors (Lipinski definition) is 3. The highest BCUT2D eigenvalue weighted by molar-refractivity contribution is 6.05. The lowest BCUT2D eigenvalue weighted by Crippen LogP contribution is -2.12. The van der Waals surface area contributed by atoms with Gasteiger partial charge in [-0.1, -0.05) is 18.2 Å². The smallest absolute Gasteiger partial charge is 0.272 e. The number of aromatic amines is 1. The van der Waals surface area contributed by atoms with Crippen molar-refractivity contribution in [1.29, 1.82) is 0 Å². The molecular formula is C18H16N2O3. The molecule has 1 aliphatic heterocycles. The van der Waals surface area contributed by atoms with E-state index in [2.05, 4.69) is 10.3 Å². The molecule has 116 valence electrons. The van der Waals surface area contributed by atoms with Gasteiger partial charge in [-0.25, -0.2) is 0 Å². The topological polar surface area (TPSA) is 66.7 Å². The summed E-state index contributed by atoms with van der Waals surface area (Å²) < 4.78 is 10.7. The van der Waals surface area contributed by atoms with Crippen LogP contribution in [0.25, 0.3) is 10.9 Å². The summed E-state index contributed by atoms with van der Waals surface area (Å²) in [6.45, 7) is 1.35. The molecular weight excluding hydrogens is 292 g/mol. The summed E-state index contributed by atoms with van der Waals surface area (Å²) in [5.41, 5.74) is 2.21. The summed E-state index contributed by atoms with van der Waals surface area (Å²) in [5, 5.41) is 3.89. The molecule has 1 amide bonds. The fourth-order valence-corrected chi connectivity index (χ4v) is 2.38. The van der Waals surface area contributed by atoms with Gasteiger partial charge in [-0.3, -0.25) is 4.79 Å². The van der Waals surface area contributed by atoms with Gasteiger partial charge in [-0.2, -0.15) is 0 Å². The molecule has 1 fully saturated rings. The number of H-pyrrole nitrogens is 1. The van der Waals surface area contributed by atoms with Crippen molar-refractivity contribution in [3.8, 4) is 5.75 Å². The molecule has 0 aliphatic carbocycles. The lowest BCUT2D eigenvalue weighted by atomic mass is 10.2. The summed E-state index contributed by atoms with van der Waals surface area (Å²) >= 11 is 0. The molecule has 1 aromatic heterocycles. The fourth-order valence-electron chi connectivity index (χ4n) is 2.38. The quantitative estimate of drug-likeness (QED) is 0.711. The average Bonchev–Trinajstić information content (AvgIpc) is 3.30. The van der Waals surface area contributed by atoms with E-state index in [1.807, 2.05) is 54.6 Å². The lowest BCUT2D eigenvalue weighted by molar-refractivity contribution is 0.102. The summed E-state index contributed by atoms with van der Waals surface area (Å²) in [6, 6.07) is 17.0. The van der Waals surface area contributed by atoms with Crippen molar-refractivity contribution in [2.45, 2.75) is 6.10 Å². The average molecular weight is 308 g/mol. The largest absolute Gasteiger partial charge is 0.491 e. The van der Waals surface area contributed by atoms with E-state index in [1.165, 1.54) is 0 Å². The summed E-state index contributed by atoms with van der Waals surface area (Å²) in [7, 11) is 0. The minimum atomic E-state index is -0.166. The Balaban J connectivity index is 1.42. The van der Waals surface area contributed by atoms with Gasteiger partial charge in [0, 0.05) is 16.6 Å². The molecule has 0 spiro atoms. The van der Waals surface area contributed by atoms with Gasteiger partial charge < -0.3 is 19.8 Å². The summed E-state index contributed by atoms with van der Waals surface area (Å²) in [5.74, 6) is 0.602. The van der Waals surface area contributed by atoms with Crippen LogP contribution in [0.15, 0.2) is 54.6 Å². The van der Waals surface area contributed by atoms with Crippen LogP contribution in [0.1, 0.15) is 10.5 Å². The first-order valence-corrected chi connectivity index (χ1v) is 7.51. The van der Waals surface area contributed by atoms with Gasteiger partial charge in [-0.15, -0.1) is 0 Å². The van der Waals surface area contributed by atoms with Crippen molar-refractivity contribution in [3.63, 3.8) is 0 Å². The second-order valence-electron chi connectivity index (χ2n) is 5.52. The zero-order valence-corrected chi connectivity index (χ0v) is 12.4. The van der Waals surface area contributed by atoms with Crippen molar-refractivity contribution in [2.75, 3.05) is 18.5 Å². The van der Waals surface area contributed by atoms with Crippen molar-refractivity contribution in [1.82, 2.24) is 4.98 Å². The van der Waals surface area contributed by atoms with Gasteiger partial charge in [0.25, 0.3) is 5.91 Å². The standard InChI is InChI=1S/C18H16N2O3/c21-18(17-9-12-3-1-2-4-16(12)20-17)19-13-5-7-14(8-6-13)22-10-15-11-23-15/h1-9,15,20H,10-11H2,(H,19,21). The van der Waals surface area contributed by atoms with E-state index in [9.17, 15) is 4.79 Å². The molecule has 0 bridgehead atoms. The van der Waals surface area contributed by atoms with E-state index in [0.717, 1.165) is 28.9 Å². The van der Waals surface area contributed by atoms with Gasteiger partial charge in [0.15, 0.2) is 0 Å². The molecule has 0 saturated carbocycles. The third-order valence-electron chi connectivity index (χ3n) is 3.73. The molecule has 23 heavy (non-hydrogen) atoms. The molecule has 4 rings (SSSR count). The SMILES string of the molecule is O=C(Nc1ccc(OCC2CO2)cc1)c1cc2ccccc2[nH]1. The molecule has 1 atom stereocenters. The number of nitrogens with one attached hydrogen (secondary N) is 2. The number of rotatable bonds is 5. The Kier molecular flexibility index (Phi) is 3.48. The van der Waals surface area contributed by atoms with E-state index < -0.39 is 0 Å². The predicted octanol–water partition coefficient (Wildman–Crippen LogP) is 3.20. The van der Waals surface area contributed by atoms with Crippen LogP contribution >= 0.6 is 0 Å². The number of amides is 1. The number of hydrogen-bond donors (Lipinski definition) is 2. The van der Waals surface area contributed by atoms with E-state index >= 15 is 0 Å². The number of ether oxygens (including phenoxy) is 2. The molecule has 1 aliphatic rings. The van der Waals surface area contributed by atoms with Crippen LogP contribution in [0, 0.1) is 0 Å². The third-order valence-corrected chi connectivity index (χ3v) is 3.73. The normalized spacial score (nSPS) is 16.3. The number of epoxide rings is 1. The maximum Gasteiger partial charge on any atom is 0.272 e. The molecule has 2 N–H and O–H groups in total. The van der Waals surface area contributed by atoms with E-state index in [4.69, 9.17) is 9.47 Å². The molecule has 5 nitrogen and oxygen atoms in total. The fraction of sp³-hybridized carbons (Fsp3) is 0.167. The van der Waals surface area contributed by atoms with Crippen LogP contribution in [0.2, 0.25) is 0 Å². The monoisotopic (exact) mass is 308 g/mol. The zero-order chi connectivity index (χ0) is 15.6. The van der Waals surface area contributed by atoms with Gasteiger partial charge in [0.1, 0.15) is 24.2 Å². The molecule has 1 saturated heterocycles. The second kappa shape index (κ2) is 5.78. The first kappa shape index (κ1) is 13.8. The van der Waals surface area contributed by atoms with Crippen LogP contribution in [0.3, 0.4) is 0 Å². The minimum Gasteiger partial charge on any atom is -0.491 e. The highest BCUT2D eigenvalue weighted by Gasteiger charge is 2.22. The van der Waals surface area contributed by atoms with Crippen LogP contribution in [0.5, 0.6) is 5.75 Å². The first-order valence-electron chi connectivity index (χ1n) is 7.51. The highest BCUT2D eigenvalue weighted by Crippen LogP contribution is 2.19. The number of carbonyl (C=O) groups is 1. The molecule has 0 radical (unpaired) electrons. The second-order valence-corrected chi connectivity index (χ2v) is 5.52. The molecule has 3 aromatic rings. The van der Waals surface area contributed by atoms with Gasteiger partial charge in [0.2, 0.25) is 0 Å². The maximum absolute atomic E-state index is 12.3. The Morgan fingerprint density at radius 1 is 1.22 bits per heavy atom. The van der Waals surface area contributed by atoms with Crippen molar-refractivity contribution < 1.29 is 14.3 Å². The number of para-hydroxylation sites is 1. The molecule has 1 unspecified atom stereocenters. The number of anilines is 1.